The lowest BCUT2D eigenvalue weighted by Crippen LogP contribution is -2.60. The first-order valence-electron chi connectivity index (χ1n) is 11.6. The van der Waals surface area contributed by atoms with Gasteiger partial charge in [-0.3, -0.25) is 24.0 Å². The summed E-state index contributed by atoms with van der Waals surface area (Å²) in [5, 5.41) is 44.3. The minimum Gasteiger partial charge on any atom is -0.508 e. The van der Waals surface area contributed by atoms with Crippen LogP contribution in [0.2, 0.25) is 0 Å². The van der Waals surface area contributed by atoms with E-state index in [1.165, 1.54) is 24.3 Å². The number of carboxylic acids is 2. The van der Waals surface area contributed by atoms with Gasteiger partial charge in [0.2, 0.25) is 23.6 Å². The molecule has 15 nitrogen and oxygen atoms in total. The van der Waals surface area contributed by atoms with Crippen LogP contribution in [0.4, 0.5) is 0 Å². The lowest BCUT2D eigenvalue weighted by atomic mass is 10.0. The Bertz CT molecular complexity index is 1010. The summed E-state index contributed by atoms with van der Waals surface area (Å²) < 4.78 is 0. The van der Waals surface area contributed by atoms with Gasteiger partial charge in [-0.2, -0.15) is 0 Å². The number of carbonyl (C=O) groups is 6. The number of nitrogens with two attached hydrogens (primary N) is 2. The number of rotatable bonds is 16. The highest BCUT2D eigenvalue weighted by Crippen LogP contribution is 2.11. The second-order valence-electron chi connectivity index (χ2n) is 8.60. The van der Waals surface area contributed by atoms with E-state index in [1.54, 1.807) is 0 Å². The lowest BCUT2D eigenvalue weighted by Gasteiger charge is -2.26. The summed E-state index contributed by atoms with van der Waals surface area (Å²) in [6.45, 7) is 1.14. The van der Waals surface area contributed by atoms with E-state index >= 15 is 0 Å². The van der Waals surface area contributed by atoms with E-state index in [2.05, 4.69) is 16.0 Å². The molecule has 0 aliphatic carbocycles. The van der Waals surface area contributed by atoms with Gasteiger partial charge >= 0.3 is 11.9 Å². The molecule has 0 aliphatic rings. The molecule has 0 heterocycles. The average Bonchev–Trinajstić information content (AvgIpc) is 2.82. The molecule has 38 heavy (non-hydrogen) atoms. The maximum absolute atomic E-state index is 12.9. The standard InChI is InChI=1S/C23H33N5O10/c1-11(29)19(22(36)27-16(23(37)38)6-8-17(25)31)28-21(35)15(7-9-18(32)33)26-20(34)14(24)10-12-2-4-13(30)5-3-12/h2-5,11,14-16,19,29-30H,6-10,24H2,1H3,(H2,25,31)(H,26,34)(H,27,36)(H,28,35)(H,32,33)(H,37,38). The number of primary amides is 1. The second kappa shape index (κ2) is 15.1. The van der Waals surface area contributed by atoms with Gasteiger partial charge in [-0.25, -0.2) is 4.79 Å². The number of carboxylic acid groups (broad SMARTS) is 2. The van der Waals surface area contributed by atoms with Crippen molar-refractivity contribution < 1.29 is 49.2 Å². The first-order valence-corrected chi connectivity index (χ1v) is 11.6. The molecule has 0 bridgehead atoms. The normalized spacial score (nSPS) is 14.7. The zero-order valence-corrected chi connectivity index (χ0v) is 20.6. The van der Waals surface area contributed by atoms with Crippen molar-refractivity contribution in [3.63, 3.8) is 0 Å². The number of aliphatic carboxylic acids is 2. The predicted octanol–water partition coefficient (Wildman–Crippen LogP) is -2.69. The second-order valence-corrected chi connectivity index (χ2v) is 8.60. The fraction of sp³-hybridized carbons (Fsp3) is 0.478. The SMILES string of the molecule is CC(O)C(NC(=O)C(CCC(=O)O)NC(=O)C(N)Cc1ccc(O)cc1)C(=O)NC(CCC(N)=O)C(=O)O. The Hall–Kier alpha value is -4.24. The van der Waals surface area contributed by atoms with Crippen LogP contribution in [-0.2, 0) is 35.2 Å². The summed E-state index contributed by atoms with van der Waals surface area (Å²) in [6.07, 6.45) is -3.12. The van der Waals surface area contributed by atoms with E-state index in [-0.39, 0.29) is 31.4 Å². The summed E-state index contributed by atoms with van der Waals surface area (Å²) >= 11 is 0. The molecule has 5 atom stereocenters. The maximum Gasteiger partial charge on any atom is 0.326 e. The van der Waals surface area contributed by atoms with Crippen LogP contribution in [0, 0.1) is 0 Å². The monoisotopic (exact) mass is 539 g/mol. The molecule has 1 aromatic carbocycles. The van der Waals surface area contributed by atoms with Gasteiger partial charge in [-0.05, 0) is 43.9 Å². The zero-order valence-electron chi connectivity index (χ0n) is 20.6. The van der Waals surface area contributed by atoms with Crippen LogP contribution < -0.4 is 27.4 Å². The van der Waals surface area contributed by atoms with Crippen LogP contribution in [0.15, 0.2) is 24.3 Å². The van der Waals surface area contributed by atoms with E-state index in [9.17, 15) is 44.1 Å². The third kappa shape index (κ3) is 11.2. The van der Waals surface area contributed by atoms with Crippen LogP contribution in [0.3, 0.4) is 0 Å². The molecule has 0 spiro atoms. The molecule has 1 aromatic rings. The number of phenols is 1. The molecule has 0 saturated carbocycles. The molecule has 0 aromatic heterocycles. The number of aliphatic hydroxyl groups excluding tert-OH is 1. The van der Waals surface area contributed by atoms with Crippen LogP contribution in [-0.4, -0.2) is 86.3 Å². The number of nitrogens with one attached hydrogen (secondary N) is 3. The molecule has 1 rings (SSSR count). The van der Waals surface area contributed by atoms with Gasteiger partial charge in [0.1, 0.15) is 23.9 Å². The fourth-order valence-corrected chi connectivity index (χ4v) is 3.26. The number of phenolic OH excluding ortho intramolecular Hbond substituents is 1. The highest BCUT2D eigenvalue weighted by molar-refractivity contribution is 5.94. The van der Waals surface area contributed by atoms with Gasteiger partial charge in [-0.15, -0.1) is 0 Å². The highest BCUT2D eigenvalue weighted by Gasteiger charge is 2.33. The Morgan fingerprint density at radius 1 is 0.842 bits per heavy atom. The first kappa shape index (κ1) is 31.8. The van der Waals surface area contributed by atoms with Gasteiger partial charge in [0, 0.05) is 12.8 Å². The van der Waals surface area contributed by atoms with Gasteiger partial charge < -0.3 is 47.8 Å². The minimum atomic E-state index is -1.69. The predicted molar refractivity (Wildman–Crippen MR) is 130 cm³/mol. The van der Waals surface area contributed by atoms with E-state index in [4.69, 9.17) is 16.6 Å². The van der Waals surface area contributed by atoms with Crippen LogP contribution in [0.5, 0.6) is 5.75 Å². The number of amides is 4. The van der Waals surface area contributed by atoms with Crippen molar-refractivity contribution in [2.24, 2.45) is 11.5 Å². The number of aromatic hydroxyl groups is 1. The van der Waals surface area contributed by atoms with Crippen molar-refractivity contribution in [1.29, 1.82) is 0 Å². The summed E-state index contributed by atoms with van der Waals surface area (Å²) in [5.41, 5.74) is 11.5. The zero-order chi connectivity index (χ0) is 29.0. The first-order chi connectivity index (χ1) is 17.7. The van der Waals surface area contributed by atoms with Crippen molar-refractivity contribution in [1.82, 2.24) is 16.0 Å². The fourth-order valence-electron chi connectivity index (χ4n) is 3.26. The van der Waals surface area contributed by atoms with E-state index in [0.29, 0.717) is 5.56 Å². The molecule has 0 radical (unpaired) electrons. The number of carbonyl (C=O) groups excluding carboxylic acids is 4. The Labute approximate surface area is 217 Å². The Balaban J connectivity index is 2.96. The van der Waals surface area contributed by atoms with Crippen molar-refractivity contribution in [2.45, 2.75) is 69.3 Å². The van der Waals surface area contributed by atoms with Crippen molar-refractivity contribution >= 4 is 35.6 Å². The van der Waals surface area contributed by atoms with Gasteiger partial charge in [0.25, 0.3) is 0 Å². The molecule has 0 aliphatic heterocycles. The number of hydrogen-bond donors (Lipinski definition) is 9. The molecular formula is C23H33N5O10. The molecule has 11 N–H and O–H groups in total. The maximum atomic E-state index is 12.9. The van der Waals surface area contributed by atoms with Crippen molar-refractivity contribution in [2.75, 3.05) is 0 Å². The Kier molecular flexibility index (Phi) is 12.6. The summed E-state index contributed by atoms with van der Waals surface area (Å²) in [7, 11) is 0. The topological polar surface area (TPSA) is 271 Å². The summed E-state index contributed by atoms with van der Waals surface area (Å²) in [4.78, 5) is 71.6. The van der Waals surface area contributed by atoms with Crippen LogP contribution in [0.25, 0.3) is 0 Å². The summed E-state index contributed by atoms with van der Waals surface area (Å²) in [6, 6.07) is 0.00970. The number of aliphatic hydroxyl groups is 1. The largest absolute Gasteiger partial charge is 0.508 e. The Morgan fingerprint density at radius 3 is 1.89 bits per heavy atom. The molecule has 210 valence electrons. The minimum absolute atomic E-state index is 0.0106. The van der Waals surface area contributed by atoms with Crippen LogP contribution >= 0.6 is 0 Å². The van der Waals surface area contributed by atoms with E-state index < -0.39 is 72.3 Å². The third-order valence-corrected chi connectivity index (χ3v) is 5.37. The van der Waals surface area contributed by atoms with Gasteiger partial charge in [0.05, 0.1) is 12.1 Å². The van der Waals surface area contributed by atoms with Gasteiger partial charge in [-0.1, -0.05) is 12.1 Å². The van der Waals surface area contributed by atoms with E-state index in [0.717, 1.165) is 6.92 Å². The smallest absolute Gasteiger partial charge is 0.326 e. The van der Waals surface area contributed by atoms with Crippen LogP contribution in [0.1, 0.15) is 38.2 Å². The van der Waals surface area contributed by atoms with Crippen molar-refractivity contribution in [3.05, 3.63) is 29.8 Å². The highest BCUT2D eigenvalue weighted by atomic mass is 16.4. The average molecular weight is 540 g/mol. The summed E-state index contributed by atoms with van der Waals surface area (Å²) in [5.74, 6) is -6.47. The molecule has 5 unspecified atom stereocenters. The quantitative estimate of drug-likeness (QED) is 0.104. The number of hydrogen-bond acceptors (Lipinski definition) is 9. The molecule has 15 heteroatoms. The number of benzene rings is 1. The third-order valence-electron chi connectivity index (χ3n) is 5.37. The lowest BCUT2D eigenvalue weighted by molar-refractivity contribution is -0.143. The van der Waals surface area contributed by atoms with E-state index in [1.807, 2.05) is 0 Å². The molecule has 0 fully saturated rings. The molecule has 0 saturated heterocycles. The molecular weight excluding hydrogens is 506 g/mol. The molecule has 4 amide bonds. The van der Waals surface area contributed by atoms with Crippen molar-refractivity contribution in [3.8, 4) is 5.75 Å². The Morgan fingerprint density at radius 2 is 1.39 bits per heavy atom. The van der Waals surface area contributed by atoms with Gasteiger partial charge in [0.15, 0.2) is 0 Å².